The summed E-state index contributed by atoms with van der Waals surface area (Å²) in [5.74, 6) is -0.0774. The fraction of sp³-hybridized carbons (Fsp3) is 0.500. The van der Waals surface area contributed by atoms with Crippen molar-refractivity contribution in [2.75, 3.05) is 30.7 Å². The number of aliphatic hydroxyl groups is 1. The summed E-state index contributed by atoms with van der Waals surface area (Å²) in [5, 5.41) is 12.7. The average Bonchev–Trinajstić information content (AvgIpc) is 2.63. The standard InChI is InChI=1S/C14H21N3O2/c1-10-3-4-11(15)7-12(10)16-13(18)8-17-6-5-14(2,19)9-17/h3-4,7,19H,5-6,8-9,15H2,1-2H3,(H,16,18). The molecule has 0 saturated carbocycles. The number of nitrogens with one attached hydrogen (secondary N) is 1. The van der Waals surface area contributed by atoms with Gasteiger partial charge in [0.2, 0.25) is 5.91 Å². The van der Waals surface area contributed by atoms with Gasteiger partial charge in [-0.05, 0) is 38.0 Å². The van der Waals surface area contributed by atoms with Crippen LogP contribution in [0.15, 0.2) is 18.2 Å². The van der Waals surface area contributed by atoms with Crippen LogP contribution in [0.4, 0.5) is 11.4 Å². The zero-order valence-electron chi connectivity index (χ0n) is 11.4. The molecule has 0 aliphatic carbocycles. The summed E-state index contributed by atoms with van der Waals surface area (Å²) >= 11 is 0. The van der Waals surface area contributed by atoms with Gasteiger partial charge in [-0.3, -0.25) is 9.69 Å². The Labute approximate surface area is 113 Å². The van der Waals surface area contributed by atoms with E-state index in [2.05, 4.69) is 5.32 Å². The van der Waals surface area contributed by atoms with Crippen molar-refractivity contribution in [3.8, 4) is 0 Å². The summed E-state index contributed by atoms with van der Waals surface area (Å²) in [5.41, 5.74) is 7.39. The van der Waals surface area contributed by atoms with E-state index in [1.54, 1.807) is 13.0 Å². The largest absolute Gasteiger partial charge is 0.399 e. The summed E-state index contributed by atoms with van der Waals surface area (Å²) in [6.07, 6.45) is 0.706. The molecule has 1 aliphatic rings. The lowest BCUT2D eigenvalue weighted by molar-refractivity contribution is -0.117. The maximum atomic E-state index is 12.0. The number of benzene rings is 1. The molecule has 1 atom stereocenters. The van der Waals surface area contributed by atoms with Crippen molar-refractivity contribution in [3.63, 3.8) is 0 Å². The van der Waals surface area contributed by atoms with Crippen LogP contribution < -0.4 is 11.1 Å². The van der Waals surface area contributed by atoms with E-state index in [0.29, 0.717) is 25.2 Å². The van der Waals surface area contributed by atoms with Crippen molar-refractivity contribution in [3.05, 3.63) is 23.8 Å². The summed E-state index contributed by atoms with van der Waals surface area (Å²) in [6.45, 7) is 5.31. The monoisotopic (exact) mass is 263 g/mol. The molecule has 4 N–H and O–H groups in total. The van der Waals surface area contributed by atoms with Crippen LogP contribution >= 0.6 is 0 Å². The van der Waals surface area contributed by atoms with E-state index in [0.717, 1.165) is 17.8 Å². The van der Waals surface area contributed by atoms with E-state index in [-0.39, 0.29) is 5.91 Å². The Kier molecular flexibility index (Phi) is 3.78. The van der Waals surface area contributed by atoms with Crippen molar-refractivity contribution >= 4 is 17.3 Å². The first-order valence-electron chi connectivity index (χ1n) is 6.46. The summed E-state index contributed by atoms with van der Waals surface area (Å²) in [7, 11) is 0. The van der Waals surface area contributed by atoms with Gasteiger partial charge in [-0.15, -0.1) is 0 Å². The first-order chi connectivity index (χ1) is 8.85. The Hall–Kier alpha value is -1.59. The number of aryl methyl sites for hydroxylation is 1. The van der Waals surface area contributed by atoms with Gasteiger partial charge in [0, 0.05) is 24.5 Å². The number of amides is 1. The fourth-order valence-corrected chi connectivity index (χ4v) is 2.34. The predicted molar refractivity (Wildman–Crippen MR) is 75.9 cm³/mol. The molecule has 5 nitrogen and oxygen atoms in total. The second-order valence-electron chi connectivity index (χ2n) is 5.58. The van der Waals surface area contributed by atoms with E-state index in [1.807, 2.05) is 24.0 Å². The lowest BCUT2D eigenvalue weighted by Gasteiger charge is -2.18. The second kappa shape index (κ2) is 5.19. The van der Waals surface area contributed by atoms with Crippen LogP contribution in [-0.2, 0) is 4.79 Å². The molecule has 2 rings (SSSR count). The average molecular weight is 263 g/mol. The number of hydrogen-bond acceptors (Lipinski definition) is 4. The highest BCUT2D eigenvalue weighted by Crippen LogP contribution is 2.21. The van der Waals surface area contributed by atoms with Gasteiger partial charge in [0.25, 0.3) is 0 Å². The Balaban J connectivity index is 1.93. The molecular formula is C14H21N3O2. The molecule has 0 radical (unpaired) electrons. The predicted octanol–water partition coefficient (Wildman–Crippen LogP) is 0.972. The smallest absolute Gasteiger partial charge is 0.238 e. The molecule has 1 heterocycles. The second-order valence-corrected chi connectivity index (χ2v) is 5.58. The highest BCUT2D eigenvalue weighted by molar-refractivity contribution is 5.93. The van der Waals surface area contributed by atoms with E-state index in [4.69, 9.17) is 5.73 Å². The van der Waals surface area contributed by atoms with Crippen molar-refractivity contribution in [2.45, 2.75) is 25.9 Å². The first-order valence-corrected chi connectivity index (χ1v) is 6.46. The van der Waals surface area contributed by atoms with E-state index >= 15 is 0 Å². The third-order valence-electron chi connectivity index (χ3n) is 3.43. The number of hydrogen-bond donors (Lipinski definition) is 3. The van der Waals surface area contributed by atoms with Crippen LogP contribution in [0.25, 0.3) is 0 Å². The molecule has 1 unspecified atom stereocenters. The molecule has 0 aromatic heterocycles. The zero-order chi connectivity index (χ0) is 14.0. The third-order valence-corrected chi connectivity index (χ3v) is 3.43. The zero-order valence-corrected chi connectivity index (χ0v) is 11.4. The van der Waals surface area contributed by atoms with Gasteiger partial charge in [0.1, 0.15) is 0 Å². The lowest BCUT2D eigenvalue weighted by atomic mass is 10.1. The molecule has 1 aromatic rings. The number of β-amino-alcohol motifs (C(OH)–C–C–N with tert-alkyl or cyclic N) is 1. The molecule has 1 aromatic carbocycles. The van der Waals surface area contributed by atoms with Gasteiger partial charge >= 0.3 is 0 Å². The number of likely N-dealkylation sites (tertiary alicyclic amines) is 1. The van der Waals surface area contributed by atoms with Crippen molar-refractivity contribution in [1.82, 2.24) is 4.90 Å². The Morgan fingerprint density at radius 1 is 1.58 bits per heavy atom. The Morgan fingerprint density at radius 2 is 2.32 bits per heavy atom. The molecule has 1 saturated heterocycles. The van der Waals surface area contributed by atoms with E-state index in [1.165, 1.54) is 0 Å². The minimum atomic E-state index is -0.673. The van der Waals surface area contributed by atoms with Crippen LogP contribution in [0.2, 0.25) is 0 Å². The van der Waals surface area contributed by atoms with Gasteiger partial charge in [0.05, 0.1) is 12.1 Å². The number of nitrogens with zero attached hydrogens (tertiary/aromatic N) is 1. The van der Waals surface area contributed by atoms with Gasteiger partial charge in [-0.2, -0.15) is 0 Å². The molecule has 1 aliphatic heterocycles. The Bertz CT molecular complexity index is 486. The van der Waals surface area contributed by atoms with Gasteiger partial charge in [-0.25, -0.2) is 0 Å². The van der Waals surface area contributed by atoms with Crippen LogP contribution in [-0.4, -0.2) is 41.1 Å². The normalized spacial score (nSPS) is 23.5. The van der Waals surface area contributed by atoms with Crippen LogP contribution in [0.3, 0.4) is 0 Å². The maximum Gasteiger partial charge on any atom is 0.238 e. The molecule has 1 amide bonds. The maximum absolute atomic E-state index is 12.0. The Morgan fingerprint density at radius 3 is 2.95 bits per heavy atom. The topological polar surface area (TPSA) is 78.6 Å². The molecule has 0 spiro atoms. The van der Waals surface area contributed by atoms with Crippen LogP contribution in [0.5, 0.6) is 0 Å². The number of nitrogen functional groups attached to an aromatic ring is 1. The van der Waals surface area contributed by atoms with Crippen LogP contribution in [0, 0.1) is 6.92 Å². The number of rotatable bonds is 3. The quantitative estimate of drug-likeness (QED) is 0.710. The van der Waals surface area contributed by atoms with Gasteiger partial charge in [0.15, 0.2) is 0 Å². The molecule has 19 heavy (non-hydrogen) atoms. The number of carbonyl (C=O) groups excluding carboxylic acids is 1. The lowest BCUT2D eigenvalue weighted by Crippen LogP contribution is -2.35. The summed E-state index contributed by atoms with van der Waals surface area (Å²) < 4.78 is 0. The minimum Gasteiger partial charge on any atom is -0.399 e. The first kappa shape index (κ1) is 13.8. The molecule has 104 valence electrons. The van der Waals surface area contributed by atoms with Crippen molar-refractivity contribution < 1.29 is 9.90 Å². The highest BCUT2D eigenvalue weighted by atomic mass is 16.3. The highest BCUT2D eigenvalue weighted by Gasteiger charge is 2.31. The summed E-state index contributed by atoms with van der Waals surface area (Å²) in [4.78, 5) is 13.9. The number of anilines is 2. The third kappa shape index (κ3) is 3.68. The SMILES string of the molecule is Cc1ccc(N)cc1NC(=O)CN1CCC(C)(O)C1. The molecule has 0 bridgehead atoms. The fourth-order valence-electron chi connectivity index (χ4n) is 2.34. The van der Waals surface area contributed by atoms with E-state index < -0.39 is 5.60 Å². The van der Waals surface area contributed by atoms with E-state index in [9.17, 15) is 9.90 Å². The minimum absolute atomic E-state index is 0.0774. The van der Waals surface area contributed by atoms with Crippen LogP contribution in [0.1, 0.15) is 18.9 Å². The van der Waals surface area contributed by atoms with Crippen molar-refractivity contribution in [1.29, 1.82) is 0 Å². The number of nitrogens with two attached hydrogens (primary N) is 1. The summed E-state index contributed by atoms with van der Waals surface area (Å²) in [6, 6.07) is 5.45. The molecular weight excluding hydrogens is 242 g/mol. The van der Waals surface area contributed by atoms with Gasteiger partial charge < -0.3 is 16.2 Å². The number of carbonyl (C=O) groups is 1. The molecule has 5 heteroatoms. The van der Waals surface area contributed by atoms with Gasteiger partial charge in [-0.1, -0.05) is 6.07 Å². The molecule has 1 fully saturated rings. The van der Waals surface area contributed by atoms with Crippen molar-refractivity contribution in [2.24, 2.45) is 0 Å².